The molecule has 1 saturated heterocycles. The molecule has 2 aromatic heterocycles. The third-order valence-electron chi connectivity index (χ3n) is 6.36. The largest absolute Gasteiger partial charge is 0.478 e. The van der Waals surface area contributed by atoms with Gasteiger partial charge in [0, 0.05) is 29.0 Å². The van der Waals surface area contributed by atoms with E-state index in [1.165, 1.54) is 12.1 Å². The second-order valence-corrected chi connectivity index (χ2v) is 8.87. The second kappa shape index (κ2) is 8.96. The average molecular weight is 487 g/mol. The highest BCUT2D eigenvalue weighted by molar-refractivity contribution is 7.80. The van der Waals surface area contributed by atoms with Crippen molar-refractivity contribution in [1.82, 2.24) is 14.9 Å². The molecule has 0 amide bonds. The van der Waals surface area contributed by atoms with Gasteiger partial charge in [0.05, 0.1) is 23.3 Å². The molecule has 0 aliphatic carbocycles. The third kappa shape index (κ3) is 4.06. The molecule has 2 N–H and O–H groups in total. The summed E-state index contributed by atoms with van der Waals surface area (Å²) in [5.41, 5.74) is 5.76. The molecule has 8 heteroatoms. The van der Waals surface area contributed by atoms with E-state index in [-0.39, 0.29) is 23.5 Å². The zero-order valence-electron chi connectivity index (χ0n) is 19.1. The first-order chi connectivity index (χ1) is 16.8. The van der Waals surface area contributed by atoms with Crippen LogP contribution in [-0.4, -0.2) is 25.7 Å². The van der Waals surface area contributed by atoms with Crippen molar-refractivity contribution in [3.8, 4) is 5.69 Å². The number of carbonyl (C=O) groups is 1. The number of rotatable bonds is 5. The first-order valence-electron chi connectivity index (χ1n) is 11.1. The number of pyridine rings is 1. The number of thiocarbonyl (C=S) groups is 1. The van der Waals surface area contributed by atoms with Gasteiger partial charge in [0.1, 0.15) is 5.82 Å². The quantitative estimate of drug-likeness (QED) is 0.363. The van der Waals surface area contributed by atoms with Crippen LogP contribution in [0.4, 0.5) is 10.1 Å². The number of nitrogens with one attached hydrogen (secondary N) is 1. The van der Waals surface area contributed by atoms with E-state index in [2.05, 4.69) is 20.9 Å². The summed E-state index contributed by atoms with van der Waals surface area (Å²) in [5, 5.41) is 13.2. The van der Waals surface area contributed by atoms with Gasteiger partial charge in [0.15, 0.2) is 5.11 Å². The molecule has 0 radical (unpaired) electrons. The molecule has 6 nitrogen and oxygen atoms in total. The summed E-state index contributed by atoms with van der Waals surface area (Å²) >= 11 is 5.76. The number of anilines is 1. The summed E-state index contributed by atoms with van der Waals surface area (Å²) in [6.45, 7) is 4.05. The zero-order valence-corrected chi connectivity index (χ0v) is 20.0. The standard InChI is InChI=1S/C27H23FN4O2S/c1-16-15-22(17(2)31(16)20-10-6-18(7-11-20)26(33)34)25-24(23-5-3-4-14-29-23)30-27(35)32(25)21-12-8-19(28)9-13-21/h3-15,24-25H,1-2H3,(H,30,35)(H,33,34)/t24-,25+/m0/s1. The summed E-state index contributed by atoms with van der Waals surface area (Å²) < 4.78 is 15.8. The van der Waals surface area contributed by atoms with Gasteiger partial charge in [-0.05, 0) is 98.4 Å². The van der Waals surface area contributed by atoms with Crippen molar-refractivity contribution < 1.29 is 14.3 Å². The molecule has 0 saturated carbocycles. The maximum atomic E-state index is 13.7. The monoisotopic (exact) mass is 486 g/mol. The minimum Gasteiger partial charge on any atom is -0.478 e. The maximum Gasteiger partial charge on any atom is 0.335 e. The van der Waals surface area contributed by atoms with Gasteiger partial charge in [0.25, 0.3) is 0 Å². The molecule has 1 aliphatic heterocycles. The summed E-state index contributed by atoms with van der Waals surface area (Å²) in [5.74, 6) is -1.27. The van der Waals surface area contributed by atoms with Gasteiger partial charge >= 0.3 is 5.97 Å². The molecular formula is C27H23FN4O2S. The van der Waals surface area contributed by atoms with Crippen LogP contribution in [0.3, 0.4) is 0 Å². The average Bonchev–Trinajstić information content (AvgIpc) is 3.35. The topological polar surface area (TPSA) is 70.4 Å². The van der Waals surface area contributed by atoms with Gasteiger partial charge in [-0.2, -0.15) is 0 Å². The van der Waals surface area contributed by atoms with E-state index >= 15 is 0 Å². The van der Waals surface area contributed by atoms with E-state index < -0.39 is 5.97 Å². The lowest BCUT2D eigenvalue weighted by atomic mass is 9.96. The summed E-state index contributed by atoms with van der Waals surface area (Å²) in [6.07, 6.45) is 1.75. The Morgan fingerprint density at radius 2 is 1.71 bits per heavy atom. The summed E-state index contributed by atoms with van der Waals surface area (Å²) in [7, 11) is 0. The van der Waals surface area contributed by atoms with Gasteiger partial charge in [-0.25, -0.2) is 9.18 Å². The fraction of sp³-hybridized carbons (Fsp3) is 0.148. The van der Waals surface area contributed by atoms with Crippen LogP contribution in [-0.2, 0) is 0 Å². The molecular weight excluding hydrogens is 463 g/mol. The minimum absolute atomic E-state index is 0.225. The van der Waals surface area contributed by atoms with Crippen LogP contribution in [0, 0.1) is 19.7 Å². The van der Waals surface area contributed by atoms with E-state index in [1.54, 1.807) is 42.6 Å². The number of aryl methyl sites for hydroxylation is 1. The molecule has 2 atom stereocenters. The molecule has 2 aromatic carbocycles. The van der Waals surface area contributed by atoms with Crippen molar-refractivity contribution >= 4 is 29.0 Å². The Labute approximate surface area is 207 Å². The summed E-state index contributed by atoms with van der Waals surface area (Å²) in [6, 6.07) is 20.5. The molecule has 1 fully saturated rings. The van der Waals surface area contributed by atoms with E-state index in [9.17, 15) is 14.3 Å². The number of benzene rings is 2. The lowest BCUT2D eigenvalue weighted by Crippen LogP contribution is -2.29. The molecule has 4 aromatic rings. The second-order valence-electron chi connectivity index (χ2n) is 8.49. The Bertz CT molecular complexity index is 1400. The Kier molecular flexibility index (Phi) is 5.82. The molecule has 5 rings (SSSR count). The molecule has 3 heterocycles. The number of halogens is 1. The van der Waals surface area contributed by atoms with Gasteiger partial charge in [0.2, 0.25) is 0 Å². The van der Waals surface area contributed by atoms with Crippen LogP contribution in [0.25, 0.3) is 5.69 Å². The SMILES string of the molecule is Cc1cc([C@@H]2[C@H](c3ccccn3)NC(=S)N2c2ccc(F)cc2)c(C)n1-c1ccc(C(=O)O)cc1. The number of aromatic nitrogens is 2. The Morgan fingerprint density at radius 3 is 2.34 bits per heavy atom. The minimum atomic E-state index is -0.961. The van der Waals surface area contributed by atoms with Gasteiger partial charge < -0.3 is 19.9 Å². The van der Waals surface area contributed by atoms with Crippen LogP contribution in [0.2, 0.25) is 0 Å². The number of carboxylic acid groups (broad SMARTS) is 1. The van der Waals surface area contributed by atoms with Crippen molar-refractivity contribution in [2.45, 2.75) is 25.9 Å². The van der Waals surface area contributed by atoms with Crippen molar-refractivity contribution in [2.75, 3.05) is 4.90 Å². The maximum absolute atomic E-state index is 13.7. The normalized spacial score (nSPS) is 17.5. The predicted molar refractivity (Wildman–Crippen MR) is 137 cm³/mol. The molecule has 0 bridgehead atoms. The summed E-state index contributed by atoms with van der Waals surface area (Å²) in [4.78, 5) is 17.9. The van der Waals surface area contributed by atoms with E-state index in [0.717, 1.165) is 34.0 Å². The number of hydrogen-bond donors (Lipinski definition) is 2. The van der Waals surface area contributed by atoms with E-state index in [1.807, 2.05) is 36.9 Å². The van der Waals surface area contributed by atoms with Gasteiger partial charge in [-0.3, -0.25) is 4.98 Å². The van der Waals surface area contributed by atoms with Crippen molar-refractivity contribution in [3.05, 3.63) is 113 Å². The fourth-order valence-electron chi connectivity index (χ4n) is 4.79. The van der Waals surface area contributed by atoms with Crippen molar-refractivity contribution in [2.24, 2.45) is 0 Å². The van der Waals surface area contributed by atoms with Gasteiger partial charge in [-0.1, -0.05) is 6.07 Å². The fourth-order valence-corrected chi connectivity index (χ4v) is 5.13. The Hall–Kier alpha value is -4.04. The number of aromatic carboxylic acids is 1. The zero-order chi connectivity index (χ0) is 24.7. The highest BCUT2D eigenvalue weighted by Gasteiger charge is 2.42. The third-order valence-corrected chi connectivity index (χ3v) is 6.68. The predicted octanol–water partition coefficient (Wildman–Crippen LogP) is 5.50. The van der Waals surface area contributed by atoms with E-state index in [0.29, 0.717) is 5.11 Å². The van der Waals surface area contributed by atoms with Crippen LogP contribution in [0.5, 0.6) is 0 Å². The Morgan fingerprint density at radius 1 is 1.03 bits per heavy atom. The molecule has 176 valence electrons. The molecule has 1 aliphatic rings. The van der Waals surface area contributed by atoms with Crippen LogP contribution in [0.1, 0.15) is 45.1 Å². The first-order valence-corrected chi connectivity index (χ1v) is 11.5. The number of carboxylic acids is 1. The first kappa shape index (κ1) is 22.7. The Balaban J connectivity index is 1.65. The molecule has 0 unspecified atom stereocenters. The van der Waals surface area contributed by atoms with Crippen LogP contribution >= 0.6 is 12.2 Å². The van der Waals surface area contributed by atoms with Gasteiger partial charge in [-0.15, -0.1) is 0 Å². The van der Waals surface area contributed by atoms with Crippen molar-refractivity contribution in [3.63, 3.8) is 0 Å². The van der Waals surface area contributed by atoms with Crippen LogP contribution < -0.4 is 10.2 Å². The highest BCUT2D eigenvalue weighted by atomic mass is 32.1. The van der Waals surface area contributed by atoms with Crippen LogP contribution in [0.15, 0.2) is 79.0 Å². The molecule has 35 heavy (non-hydrogen) atoms. The number of nitrogens with zero attached hydrogens (tertiary/aromatic N) is 3. The lowest BCUT2D eigenvalue weighted by molar-refractivity contribution is 0.0697. The lowest BCUT2D eigenvalue weighted by Gasteiger charge is -2.28. The smallest absolute Gasteiger partial charge is 0.335 e. The van der Waals surface area contributed by atoms with E-state index in [4.69, 9.17) is 12.2 Å². The molecule has 0 spiro atoms. The number of hydrogen-bond acceptors (Lipinski definition) is 3. The highest BCUT2D eigenvalue weighted by Crippen LogP contribution is 2.43. The van der Waals surface area contributed by atoms with Crippen molar-refractivity contribution in [1.29, 1.82) is 0 Å².